The standard InChI is InChI=1S/C18H23Cl2NO4/c1-21(15-6-3-2-5-13(15)18(23)24)17(22)7-4-10-25-16-9-8-12(19)11-14(16)20/h8-9,11,13,15H,2-7,10H2,1H3,(H,23,24)/t13-,15+/m1/s1. The van der Waals surface area contributed by atoms with E-state index in [1.54, 1.807) is 30.1 Å². The monoisotopic (exact) mass is 387 g/mol. The van der Waals surface area contributed by atoms with Crippen LogP contribution in [0.3, 0.4) is 0 Å². The number of ether oxygens (including phenoxy) is 1. The van der Waals surface area contributed by atoms with Gasteiger partial charge in [-0.15, -0.1) is 0 Å². The van der Waals surface area contributed by atoms with Gasteiger partial charge in [0.15, 0.2) is 0 Å². The molecule has 25 heavy (non-hydrogen) atoms. The van der Waals surface area contributed by atoms with Gasteiger partial charge >= 0.3 is 5.97 Å². The number of carboxylic acids is 1. The maximum absolute atomic E-state index is 12.4. The summed E-state index contributed by atoms with van der Waals surface area (Å²) in [5.74, 6) is -0.800. The van der Waals surface area contributed by atoms with E-state index in [4.69, 9.17) is 27.9 Å². The second kappa shape index (κ2) is 9.30. The van der Waals surface area contributed by atoms with Gasteiger partial charge in [-0.3, -0.25) is 9.59 Å². The van der Waals surface area contributed by atoms with Gasteiger partial charge in [0.25, 0.3) is 0 Å². The number of carboxylic acid groups (broad SMARTS) is 1. The summed E-state index contributed by atoms with van der Waals surface area (Å²) in [5, 5.41) is 10.3. The van der Waals surface area contributed by atoms with Crippen LogP contribution in [0.4, 0.5) is 0 Å². The van der Waals surface area contributed by atoms with E-state index in [0.29, 0.717) is 41.7 Å². The summed E-state index contributed by atoms with van der Waals surface area (Å²) < 4.78 is 5.57. The summed E-state index contributed by atoms with van der Waals surface area (Å²) >= 11 is 11.9. The molecule has 1 fully saturated rings. The molecule has 1 amide bonds. The Bertz CT molecular complexity index is 623. The Labute approximate surface area is 157 Å². The van der Waals surface area contributed by atoms with Gasteiger partial charge in [0.1, 0.15) is 5.75 Å². The van der Waals surface area contributed by atoms with Crippen molar-refractivity contribution < 1.29 is 19.4 Å². The molecule has 2 rings (SSSR count). The number of halogens is 2. The lowest BCUT2D eigenvalue weighted by molar-refractivity contribution is -0.147. The van der Waals surface area contributed by atoms with Gasteiger partial charge < -0.3 is 14.7 Å². The highest BCUT2D eigenvalue weighted by atomic mass is 35.5. The van der Waals surface area contributed by atoms with Gasteiger partial charge in [0.2, 0.25) is 5.91 Å². The molecule has 5 nitrogen and oxygen atoms in total. The van der Waals surface area contributed by atoms with Crippen molar-refractivity contribution in [3.63, 3.8) is 0 Å². The largest absolute Gasteiger partial charge is 0.492 e. The van der Waals surface area contributed by atoms with Gasteiger partial charge in [-0.25, -0.2) is 0 Å². The number of nitrogens with zero attached hydrogens (tertiary/aromatic N) is 1. The average Bonchev–Trinajstić information content (AvgIpc) is 2.59. The Morgan fingerprint density at radius 1 is 1.28 bits per heavy atom. The van der Waals surface area contributed by atoms with Crippen LogP contribution < -0.4 is 4.74 Å². The number of aliphatic carboxylic acids is 1. The number of carbonyl (C=O) groups excluding carboxylic acids is 1. The topological polar surface area (TPSA) is 66.8 Å². The van der Waals surface area contributed by atoms with E-state index in [1.807, 2.05) is 0 Å². The first-order chi connectivity index (χ1) is 11.9. The molecular weight excluding hydrogens is 365 g/mol. The van der Waals surface area contributed by atoms with Crippen molar-refractivity contribution in [2.45, 2.75) is 44.6 Å². The normalized spacial score (nSPS) is 20.1. The summed E-state index contributed by atoms with van der Waals surface area (Å²) in [6.45, 7) is 0.355. The molecule has 0 bridgehead atoms. The van der Waals surface area contributed by atoms with Crippen LogP contribution in [0.5, 0.6) is 5.75 Å². The first-order valence-electron chi connectivity index (χ1n) is 8.46. The molecule has 0 spiro atoms. The van der Waals surface area contributed by atoms with Crippen molar-refractivity contribution >= 4 is 35.1 Å². The number of hydrogen-bond donors (Lipinski definition) is 1. The number of rotatable bonds is 7. The minimum Gasteiger partial charge on any atom is -0.492 e. The van der Waals surface area contributed by atoms with Crippen LogP contribution in [0.15, 0.2) is 18.2 Å². The molecule has 138 valence electrons. The number of benzene rings is 1. The predicted molar refractivity (Wildman–Crippen MR) is 97.3 cm³/mol. The molecular formula is C18H23Cl2NO4. The van der Waals surface area contributed by atoms with Gasteiger partial charge in [-0.05, 0) is 37.5 Å². The molecule has 0 heterocycles. The molecule has 1 aliphatic rings. The predicted octanol–water partition coefficient (Wildman–Crippen LogP) is 4.25. The highest BCUT2D eigenvalue weighted by molar-refractivity contribution is 6.35. The van der Waals surface area contributed by atoms with E-state index in [-0.39, 0.29) is 11.9 Å². The lowest BCUT2D eigenvalue weighted by Gasteiger charge is -2.35. The summed E-state index contributed by atoms with van der Waals surface area (Å²) in [6, 6.07) is 4.77. The second-order valence-electron chi connectivity index (χ2n) is 6.33. The molecule has 1 aromatic carbocycles. The summed E-state index contributed by atoms with van der Waals surface area (Å²) in [7, 11) is 1.70. The van der Waals surface area contributed by atoms with E-state index in [2.05, 4.69) is 0 Å². The van der Waals surface area contributed by atoms with Crippen molar-refractivity contribution in [3.8, 4) is 5.75 Å². The van der Waals surface area contributed by atoms with Gasteiger partial charge in [-0.1, -0.05) is 36.0 Å². The molecule has 1 N–H and O–H groups in total. The summed E-state index contributed by atoms with van der Waals surface area (Å²) in [4.78, 5) is 25.4. The third kappa shape index (κ3) is 5.51. The minimum atomic E-state index is -0.815. The van der Waals surface area contributed by atoms with Crippen molar-refractivity contribution in [2.24, 2.45) is 5.92 Å². The fourth-order valence-electron chi connectivity index (χ4n) is 3.22. The molecule has 0 saturated heterocycles. The molecule has 1 saturated carbocycles. The molecule has 1 aromatic rings. The van der Waals surface area contributed by atoms with E-state index in [9.17, 15) is 14.7 Å². The molecule has 0 aromatic heterocycles. The molecule has 1 aliphatic carbocycles. The zero-order valence-electron chi connectivity index (χ0n) is 14.2. The quantitative estimate of drug-likeness (QED) is 0.709. The zero-order valence-corrected chi connectivity index (χ0v) is 15.7. The highest BCUT2D eigenvalue weighted by Crippen LogP contribution is 2.29. The number of carbonyl (C=O) groups is 2. The Balaban J connectivity index is 1.80. The van der Waals surface area contributed by atoms with Crippen LogP contribution in [0.2, 0.25) is 10.0 Å². The van der Waals surface area contributed by atoms with E-state index >= 15 is 0 Å². The lowest BCUT2D eigenvalue weighted by Crippen LogP contribution is -2.46. The average molecular weight is 388 g/mol. The van der Waals surface area contributed by atoms with E-state index in [1.165, 1.54) is 0 Å². The molecule has 7 heteroatoms. The zero-order chi connectivity index (χ0) is 18.4. The fourth-order valence-corrected chi connectivity index (χ4v) is 3.69. The minimum absolute atomic E-state index is 0.0519. The maximum atomic E-state index is 12.4. The van der Waals surface area contributed by atoms with Crippen molar-refractivity contribution in [2.75, 3.05) is 13.7 Å². The van der Waals surface area contributed by atoms with Crippen molar-refractivity contribution in [3.05, 3.63) is 28.2 Å². The molecule has 2 atom stereocenters. The first-order valence-corrected chi connectivity index (χ1v) is 9.22. The van der Waals surface area contributed by atoms with E-state index < -0.39 is 11.9 Å². The fraction of sp³-hybridized carbons (Fsp3) is 0.556. The van der Waals surface area contributed by atoms with Gasteiger partial charge in [0, 0.05) is 24.5 Å². The maximum Gasteiger partial charge on any atom is 0.308 e. The Hall–Kier alpha value is -1.46. The van der Waals surface area contributed by atoms with Crippen LogP contribution in [-0.4, -0.2) is 41.6 Å². The SMILES string of the molecule is CN(C(=O)CCCOc1ccc(Cl)cc1Cl)[C@H]1CCCC[C@H]1C(=O)O. The van der Waals surface area contributed by atoms with E-state index in [0.717, 1.165) is 19.3 Å². The first kappa shape index (κ1) is 19.9. The molecule has 0 unspecified atom stereocenters. The number of amides is 1. The van der Waals surface area contributed by atoms with Gasteiger partial charge in [0.05, 0.1) is 17.5 Å². The van der Waals surface area contributed by atoms with Gasteiger partial charge in [-0.2, -0.15) is 0 Å². The number of hydrogen-bond acceptors (Lipinski definition) is 3. The summed E-state index contributed by atoms with van der Waals surface area (Å²) in [6.07, 6.45) is 4.10. The van der Waals surface area contributed by atoms with Crippen LogP contribution in [0.1, 0.15) is 38.5 Å². The highest BCUT2D eigenvalue weighted by Gasteiger charge is 2.35. The lowest BCUT2D eigenvalue weighted by atomic mass is 9.83. The second-order valence-corrected chi connectivity index (χ2v) is 7.17. The van der Waals surface area contributed by atoms with Crippen LogP contribution in [-0.2, 0) is 9.59 Å². The molecule has 0 aliphatic heterocycles. The van der Waals surface area contributed by atoms with Crippen LogP contribution in [0.25, 0.3) is 0 Å². The van der Waals surface area contributed by atoms with Crippen LogP contribution in [0, 0.1) is 5.92 Å². The molecule has 0 radical (unpaired) electrons. The smallest absolute Gasteiger partial charge is 0.308 e. The summed E-state index contributed by atoms with van der Waals surface area (Å²) in [5.41, 5.74) is 0. The third-order valence-corrected chi connectivity index (χ3v) is 5.15. The Morgan fingerprint density at radius 2 is 2.00 bits per heavy atom. The van der Waals surface area contributed by atoms with Crippen LogP contribution >= 0.6 is 23.2 Å². The van der Waals surface area contributed by atoms with Crippen molar-refractivity contribution in [1.82, 2.24) is 4.90 Å². The third-order valence-electron chi connectivity index (χ3n) is 4.62. The Kier molecular flexibility index (Phi) is 7.38. The van der Waals surface area contributed by atoms with Crippen molar-refractivity contribution in [1.29, 1.82) is 0 Å². The Morgan fingerprint density at radius 3 is 2.68 bits per heavy atom.